The van der Waals surface area contributed by atoms with E-state index >= 15 is 0 Å². The van der Waals surface area contributed by atoms with E-state index in [0.717, 1.165) is 38.1 Å². The smallest absolute Gasteiger partial charge is 0.119 e. The van der Waals surface area contributed by atoms with Crippen molar-refractivity contribution in [1.82, 2.24) is 4.90 Å². The number of ether oxygens (including phenoxy) is 1. The Bertz CT molecular complexity index is 745. The summed E-state index contributed by atoms with van der Waals surface area (Å²) in [5.41, 5.74) is 3.84. The van der Waals surface area contributed by atoms with Crippen molar-refractivity contribution in [3.63, 3.8) is 0 Å². The van der Waals surface area contributed by atoms with Crippen molar-refractivity contribution in [3.8, 4) is 5.75 Å². The van der Waals surface area contributed by atoms with Gasteiger partial charge in [-0.1, -0.05) is 43.3 Å². The van der Waals surface area contributed by atoms with Crippen LogP contribution in [0, 0.1) is 0 Å². The first kappa shape index (κ1) is 16.6. The van der Waals surface area contributed by atoms with E-state index in [-0.39, 0.29) is 17.6 Å². The first-order valence-electron chi connectivity index (χ1n) is 9.25. The van der Waals surface area contributed by atoms with E-state index in [1.807, 2.05) is 6.07 Å². The van der Waals surface area contributed by atoms with Gasteiger partial charge in [-0.3, -0.25) is 4.90 Å². The number of nitrogens with zero attached hydrogens (tertiary/aromatic N) is 1. The number of hydrogen-bond acceptors (Lipinski definition) is 3. The lowest BCUT2D eigenvalue weighted by atomic mass is 9.63. The zero-order valence-corrected chi connectivity index (χ0v) is 15.1. The second-order valence-corrected chi connectivity index (χ2v) is 7.68. The highest BCUT2D eigenvalue weighted by Crippen LogP contribution is 2.45. The van der Waals surface area contributed by atoms with E-state index in [4.69, 9.17) is 4.74 Å². The molecule has 0 amide bonds. The Labute approximate surface area is 150 Å². The molecule has 4 rings (SSSR count). The summed E-state index contributed by atoms with van der Waals surface area (Å²) in [5.74, 6) is 0.886. The Morgan fingerprint density at radius 1 is 1.20 bits per heavy atom. The lowest BCUT2D eigenvalue weighted by Crippen LogP contribution is -2.62. The molecule has 2 aromatic carbocycles. The molecule has 2 aromatic rings. The summed E-state index contributed by atoms with van der Waals surface area (Å²) in [6, 6.07) is 17.2. The summed E-state index contributed by atoms with van der Waals surface area (Å²) in [4.78, 5) is 2.49. The molecular formula is C22H27NO2. The van der Waals surface area contributed by atoms with Crippen molar-refractivity contribution in [2.45, 2.75) is 43.7 Å². The molecule has 3 nitrogen and oxygen atoms in total. The largest absolute Gasteiger partial charge is 0.497 e. The highest BCUT2D eigenvalue weighted by atomic mass is 16.5. The first-order chi connectivity index (χ1) is 12.1. The number of likely N-dealkylation sites (tertiary alicyclic amines) is 1. The zero-order valence-electron chi connectivity index (χ0n) is 15.1. The molecule has 132 valence electrons. The maximum Gasteiger partial charge on any atom is 0.119 e. The molecule has 1 saturated heterocycles. The normalized spacial score (nSPS) is 28.4. The van der Waals surface area contributed by atoms with Crippen LogP contribution in [0.2, 0.25) is 0 Å². The molecule has 3 heteroatoms. The minimum atomic E-state index is -0.323. The SMILES string of the molecule is COc1ccc2c(c1)[C@@]1(C)CCN(CCc3ccccc3)C(C2)[C@@H]1O. The fraction of sp³-hybridized carbons (Fsp3) is 0.455. The molecule has 1 heterocycles. The minimum Gasteiger partial charge on any atom is -0.497 e. The van der Waals surface area contributed by atoms with Crippen LogP contribution < -0.4 is 4.74 Å². The van der Waals surface area contributed by atoms with Crippen LogP contribution in [0.15, 0.2) is 48.5 Å². The number of hydrogen-bond donors (Lipinski definition) is 1. The number of benzene rings is 2. The molecule has 3 atom stereocenters. The quantitative estimate of drug-likeness (QED) is 0.930. The molecule has 1 fully saturated rings. The summed E-state index contributed by atoms with van der Waals surface area (Å²) >= 11 is 0. The Morgan fingerprint density at radius 2 is 2.00 bits per heavy atom. The maximum atomic E-state index is 11.1. The van der Waals surface area contributed by atoms with Crippen LogP contribution in [0.3, 0.4) is 0 Å². The maximum absolute atomic E-state index is 11.1. The molecule has 1 aliphatic carbocycles. The van der Waals surface area contributed by atoms with Crippen LogP contribution in [0.25, 0.3) is 0 Å². The van der Waals surface area contributed by atoms with Crippen LogP contribution in [-0.2, 0) is 18.3 Å². The monoisotopic (exact) mass is 337 g/mol. The standard InChI is InChI=1S/C22H27NO2/c1-22-11-13-23(12-10-16-6-4-3-5-7-16)20(21(22)24)14-17-8-9-18(25-2)15-19(17)22/h3-9,15,20-21,24H,10-14H2,1-2H3/t20?,21-,22+/m0/s1. The molecule has 0 spiro atoms. The Hall–Kier alpha value is -1.84. The van der Waals surface area contributed by atoms with Crippen LogP contribution >= 0.6 is 0 Å². The molecule has 1 aliphatic heterocycles. The average molecular weight is 337 g/mol. The number of rotatable bonds is 4. The molecule has 1 N–H and O–H groups in total. The van der Waals surface area contributed by atoms with E-state index in [1.54, 1.807) is 7.11 Å². The van der Waals surface area contributed by atoms with Gasteiger partial charge in [0.15, 0.2) is 0 Å². The van der Waals surface area contributed by atoms with Crippen molar-refractivity contribution in [2.75, 3.05) is 20.2 Å². The summed E-state index contributed by atoms with van der Waals surface area (Å²) < 4.78 is 5.41. The fourth-order valence-corrected chi connectivity index (χ4v) is 4.66. The number of methoxy groups -OCH3 is 1. The lowest BCUT2D eigenvalue weighted by molar-refractivity contribution is -0.0505. The third kappa shape index (κ3) is 2.86. The molecule has 25 heavy (non-hydrogen) atoms. The second kappa shape index (κ2) is 6.47. The predicted octanol–water partition coefficient (Wildman–Crippen LogP) is 3.19. The number of aliphatic hydroxyl groups excluding tert-OH is 1. The van der Waals surface area contributed by atoms with E-state index in [0.29, 0.717) is 0 Å². The van der Waals surface area contributed by atoms with Gasteiger partial charge in [-0.25, -0.2) is 0 Å². The highest BCUT2D eigenvalue weighted by Gasteiger charge is 2.49. The van der Waals surface area contributed by atoms with Gasteiger partial charge in [0, 0.05) is 18.0 Å². The van der Waals surface area contributed by atoms with Crippen molar-refractivity contribution in [2.24, 2.45) is 0 Å². The van der Waals surface area contributed by atoms with Gasteiger partial charge in [0.2, 0.25) is 0 Å². The van der Waals surface area contributed by atoms with Gasteiger partial charge in [0.05, 0.1) is 13.2 Å². The van der Waals surface area contributed by atoms with Crippen LogP contribution in [-0.4, -0.2) is 42.4 Å². The predicted molar refractivity (Wildman–Crippen MR) is 100 cm³/mol. The van der Waals surface area contributed by atoms with Crippen LogP contribution in [0.5, 0.6) is 5.75 Å². The van der Waals surface area contributed by atoms with Gasteiger partial charge in [0.1, 0.15) is 5.75 Å². The van der Waals surface area contributed by atoms with Gasteiger partial charge >= 0.3 is 0 Å². The van der Waals surface area contributed by atoms with Gasteiger partial charge in [-0.15, -0.1) is 0 Å². The van der Waals surface area contributed by atoms with Gasteiger partial charge in [-0.2, -0.15) is 0 Å². The number of piperidine rings is 1. The minimum absolute atomic E-state index is 0.171. The molecule has 0 radical (unpaired) electrons. The fourth-order valence-electron chi connectivity index (χ4n) is 4.66. The molecule has 1 unspecified atom stereocenters. The van der Waals surface area contributed by atoms with Crippen molar-refractivity contribution >= 4 is 0 Å². The Morgan fingerprint density at radius 3 is 2.76 bits per heavy atom. The third-order valence-corrected chi connectivity index (χ3v) is 6.30. The highest BCUT2D eigenvalue weighted by molar-refractivity contribution is 5.45. The summed E-state index contributed by atoms with van der Waals surface area (Å²) in [6.07, 6.45) is 2.62. The van der Waals surface area contributed by atoms with Crippen molar-refractivity contribution < 1.29 is 9.84 Å². The first-order valence-corrected chi connectivity index (χ1v) is 9.25. The molecule has 0 saturated carbocycles. The Balaban J connectivity index is 1.57. The van der Waals surface area contributed by atoms with Crippen molar-refractivity contribution in [1.29, 1.82) is 0 Å². The molecular weight excluding hydrogens is 310 g/mol. The molecule has 2 aliphatic rings. The van der Waals surface area contributed by atoms with Gasteiger partial charge in [0.25, 0.3) is 0 Å². The summed E-state index contributed by atoms with van der Waals surface area (Å²) in [5, 5.41) is 11.1. The van der Waals surface area contributed by atoms with Crippen molar-refractivity contribution in [3.05, 3.63) is 65.2 Å². The van der Waals surface area contributed by atoms with Gasteiger partial charge in [-0.05, 0) is 54.6 Å². The Kier molecular flexibility index (Phi) is 4.30. The summed E-state index contributed by atoms with van der Waals surface area (Å²) in [7, 11) is 1.71. The van der Waals surface area contributed by atoms with Gasteiger partial charge < -0.3 is 9.84 Å². The second-order valence-electron chi connectivity index (χ2n) is 7.68. The van der Waals surface area contributed by atoms with Crippen LogP contribution in [0.4, 0.5) is 0 Å². The molecule has 0 aromatic heterocycles. The van der Waals surface area contributed by atoms with E-state index in [9.17, 15) is 5.11 Å². The van der Waals surface area contributed by atoms with Crippen LogP contribution in [0.1, 0.15) is 30.0 Å². The topological polar surface area (TPSA) is 32.7 Å². The summed E-state index contributed by atoms with van der Waals surface area (Å²) in [6.45, 7) is 4.27. The average Bonchev–Trinajstić information content (AvgIpc) is 2.64. The zero-order chi connectivity index (χ0) is 17.4. The molecule has 2 bridgehead atoms. The van der Waals surface area contributed by atoms with E-state index in [2.05, 4.69) is 54.3 Å². The van der Waals surface area contributed by atoms with E-state index in [1.165, 1.54) is 16.7 Å². The third-order valence-electron chi connectivity index (χ3n) is 6.30. The van der Waals surface area contributed by atoms with E-state index < -0.39 is 0 Å². The number of fused-ring (bicyclic) bond motifs is 4. The number of aliphatic hydroxyl groups is 1. The lowest BCUT2D eigenvalue weighted by Gasteiger charge is -2.53.